The maximum absolute atomic E-state index is 4.21. The molecule has 0 amide bonds. The lowest BCUT2D eigenvalue weighted by molar-refractivity contribution is 0.687. The first-order chi connectivity index (χ1) is 5.27. The summed E-state index contributed by atoms with van der Waals surface area (Å²) in [6.45, 7) is 3.12. The molecule has 2 nitrogen and oxygen atoms in total. The van der Waals surface area contributed by atoms with Crippen molar-refractivity contribution in [2.45, 2.75) is 18.3 Å². The van der Waals surface area contributed by atoms with Gasteiger partial charge in [0.2, 0.25) is 0 Å². The average molecular weight is 213 g/mol. The van der Waals surface area contributed by atoms with E-state index in [1.807, 2.05) is 12.4 Å². The highest BCUT2D eigenvalue weighted by Crippen LogP contribution is 2.22. The molecule has 1 aromatic rings. The average Bonchev–Trinajstić information content (AvgIpc) is 2.36. The highest BCUT2D eigenvalue weighted by molar-refractivity contribution is 9.09. The Bertz CT molecular complexity index is 301. The fraction of sp³-hybridized carbons (Fsp3) is 0.375. The molecule has 0 saturated heterocycles. The van der Waals surface area contributed by atoms with Crippen molar-refractivity contribution in [3.8, 4) is 0 Å². The number of rotatable bonds is 0. The molecule has 3 heteroatoms. The van der Waals surface area contributed by atoms with E-state index in [-0.39, 0.29) is 0 Å². The van der Waals surface area contributed by atoms with E-state index in [4.69, 9.17) is 0 Å². The molecule has 1 unspecified atom stereocenters. The van der Waals surface area contributed by atoms with Crippen molar-refractivity contribution in [1.82, 2.24) is 9.55 Å². The summed E-state index contributed by atoms with van der Waals surface area (Å²) in [6, 6.07) is 0. The van der Waals surface area contributed by atoms with Crippen LogP contribution in [0.2, 0.25) is 0 Å². The molecule has 0 aromatic carbocycles. The Balaban J connectivity index is 2.47. The molecule has 0 saturated carbocycles. The third-order valence-corrected chi connectivity index (χ3v) is 2.97. The van der Waals surface area contributed by atoms with Crippen molar-refractivity contribution < 1.29 is 0 Å². The standard InChI is InChI=1S/C8H9BrN2/c1-6-4-8-10-2-3-11(8)5-7(6)9/h2-4,7H,5H2,1H3. The van der Waals surface area contributed by atoms with Crippen LogP contribution in [0.3, 0.4) is 0 Å². The SMILES string of the molecule is CC1=Cc2nccn2CC1Br. The number of aromatic nitrogens is 2. The molecular formula is C8H9BrN2. The Kier molecular flexibility index (Phi) is 1.60. The quantitative estimate of drug-likeness (QED) is 0.603. The highest BCUT2D eigenvalue weighted by atomic mass is 79.9. The normalized spacial score (nSPS) is 22.7. The first-order valence-corrected chi connectivity index (χ1v) is 4.52. The number of hydrogen-bond acceptors (Lipinski definition) is 1. The summed E-state index contributed by atoms with van der Waals surface area (Å²) in [5.41, 5.74) is 1.35. The zero-order valence-electron chi connectivity index (χ0n) is 6.29. The predicted octanol–water partition coefficient (Wildman–Crippen LogP) is 2.06. The minimum Gasteiger partial charge on any atom is -0.330 e. The summed E-state index contributed by atoms with van der Waals surface area (Å²) < 4.78 is 2.15. The van der Waals surface area contributed by atoms with Crippen LogP contribution < -0.4 is 0 Å². The predicted molar refractivity (Wildman–Crippen MR) is 48.6 cm³/mol. The van der Waals surface area contributed by atoms with Gasteiger partial charge in [-0.3, -0.25) is 0 Å². The Morgan fingerprint density at radius 1 is 1.73 bits per heavy atom. The molecule has 1 aliphatic rings. The number of halogens is 1. The van der Waals surface area contributed by atoms with Gasteiger partial charge in [-0.1, -0.05) is 21.5 Å². The topological polar surface area (TPSA) is 17.8 Å². The van der Waals surface area contributed by atoms with Gasteiger partial charge in [0.1, 0.15) is 5.82 Å². The molecule has 0 radical (unpaired) electrons. The molecule has 0 aliphatic carbocycles. The molecule has 2 heterocycles. The third kappa shape index (κ3) is 1.13. The van der Waals surface area contributed by atoms with Gasteiger partial charge in [-0.25, -0.2) is 4.98 Å². The second kappa shape index (κ2) is 2.48. The zero-order valence-corrected chi connectivity index (χ0v) is 7.87. The van der Waals surface area contributed by atoms with Gasteiger partial charge in [-0.05, 0) is 13.0 Å². The Morgan fingerprint density at radius 3 is 3.36 bits per heavy atom. The number of nitrogens with zero attached hydrogens (tertiary/aromatic N) is 2. The van der Waals surface area contributed by atoms with E-state index in [0.717, 1.165) is 12.4 Å². The van der Waals surface area contributed by atoms with Crippen LogP contribution in [0.4, 0.5) is 0 Å². The highest BCUT2D eigenvalue weighted by Gasteiger charge is 2.14. The lowest BCUT2D eigenvalue weighted by Crippen LogP contribution is -2.16. The van der Waals surface area contributed by atoms with Crippen LogP contribution in [0.1, 0.15) is 12.7 Å². The molecule has 1 aromatic heterocycles. The Morgan fingerprint density at radius 2 is 2.55 bits per heavy atom. The molecule has 58 valence electrons. The van der Waals surface area contributed by atoms with Gasteiger partial charge in [0.15, 0.2) is 0 Å². The van der Waals surface area contributed by atoms with Crippen molar-refractivity contribution in [3.05, 3.63) is 23.8 Å². The summed E-state index contributed by atoms with van der Waals surface area (Å²) in [7, 11) is 0. The van der Waals surface area contributed by atoms with Crippen LogP contribution in [0.25, 0.3) is 6.08 Å². The van der Waals surface area contributed by atoms with E-state index in [0.29, 0.717) is 4.83 Å². The summed E-state index contributed by atoms with van der Waals surface area (Å²) in [5, 5.41) is 0. The summed E-state index contributed by atoms with van der Waals surface area (Å²) in [4.78, 5) is 4.68. The fourth-order valence-corrected chi connectivity index (χ4v) is 1.67. The first kappa shape index (κ1) is 7.10. The number of fused-ring (bicyclic) bond motifs is 1. The second-order valence-electron chi connectivity index (χ2n) is 2.79. The molecular weight excluding hydrogens is 204 g/mol. The van der Waals surface area contributed by atoms with E-state index < -0.39 is 0 Å². The second-order valence-corrected chi connectivity index (χ2v) is 3.90. The van der Waals surface area contributed by atoms with E-state index in [1.54, 1.807) is 0 Å². The minimum atomic E-state index is 0.476. The lowest BCUT2D eigenvalue weighted by Gasteiger charge is -2.17. The van der Waals surface area contributed by atoms with Crippen LogP contribution in [-0.4, -0.2) is 14.4 Å². The molecule has 0 spiro atoms. The largest absolute Gasteiger partial charge is 0.330 e. The van der Waals surface area contributed by atoms with Crippen LogP contribution in [0, 0.1) is 0 Å². The summed E-state index contributed by atoms with van der Waals surface area (Å²) >= 11 is 3.59. The van der Waals surface area contributed by atoms with Crippen LogP contribution in [0.15, 0.2) is 18.0 Å². The van der Waals surface area contributed by atoms with Gasteiger partial charge in [-0.2, -0.15) is 0 Å². The molecule has 0 fully saturated rings. The molecule has 0 bridgehead atoms. The maximum Gasteiger partial charge on any atom is 0.132 e. The van der Waals surface area contributed by atoms with E-state index in [9.17, 15) is 0 Å². The van der Waals surface area contributed by atoms with Crippen molar-refractivity contribution >= 4 is 22.0 Å². The number of hydrogen-bond donors (Lipinski definition) is 0. The Hall–Kier alpha value is -0.570. The summed E-state index contributed by atoms with van der Waals surface area (Å²) in [6.07, 6.45) is 5.96. The zero-order chi connectivity index (χ0) is 7.84. The van der Waals surface area contributed by atoms with Crippen molar-refractivity contribution in [3.63, 3.8) is 0 Å². The van der Waals surface area contributed by atoms with Gasteiger partial charge in [0.25, 0.3) is 0 Å². The number of alkyl halides is 1. The number of allylic oxidation sites excluding steroid dienone is 1. The molecule has 2 rings (SSSR count). The molecule has 11 heavy (non-hydrogen) atoms. The molecule has 1 atom stereocenters. The van der Waals surface area contributed by atoms with Crippen LogP contribution in [0.5, 0.6) is 0 Å². The van der Waals surface area contributed by atoms with Crippen molar-refractivity contribution in [2.24, 2.45) is 0 Å². The van der Waals surface area contributed by atoms with Crippen molar-refractivity contribution in [2.75, 3.05) is 0 Å². The van der Waals surface area contributed by atoms with Crippen molar-refractivity contribution in [1.29, 1.82) is 0 Å². The molecule has 1 aliphatic heterocycles. The van der Waals surface area contributed by atoms with Crippen LogP contribution >= 0.6 is 15.9 Å². The van der Waals surface area contributed by atoms with Gasteiger partial charge >= 0.3 is 0 Å². The van der Waals surface area contributed by atoms with Gasteiger partial charge in [0.05, 0.1) is 4.83 Å². The minimum absolute atomic E-state index is 0.476. The smallest absolute Gasteiger partial charge is 0.132 e. The van der Waals surface area contributed by atoms with E-state index >= 15 is 0 Å². The monoisotopic (exact) mass is 212 g/mol. The Labute approximate surface area is 74.1 Å². The van der Waals surface area contributed by atoms with Gasteiger partial charge in [-0.15, -0.1) is 0 Å². The summed E-state index contributed by atoms with van der Waals surface area (Å²) in [5.74, 6) is 1.07. The lowest BCUT2D eigenvalue weighted by atomic mass is 10.1. The molecule has 0 N–H and O–H groups in total. The maximum atomic E-state index is 4.21. The van der Waals surface area contributed by atoms with E-state index in [2.05, 4.69) is 38.5 Å². The fourth-order valence-electron chi connectivity index (χ4n) is 1.23. The van der Waals surface area contributed by atoms with Crippen LogP contribution in [-0.2, 0) is 6.54 Å². The van der Waals surface area contributed by atoms with E-state index in [1.165, 1.54) is 5.57 Å². The van der Waals surface area contributed by atoms with Gasteiger partial charge in [0, 0.05) is 18.9 Å². The number of imidazole rings is 1. The third-order valence-electron chi connectivity index (χ3n) is 1.96. The van der Waals surface area contributed by atoms with Gasteiger partial charge < -0.3 is 4.57 Å². The first-order valence-electron chi connectivity index (χ1n) is 3.61.